The van der Waals surface area contributed by atoms with Crippen molar-refractivity contribution < 1.29 is 4.42 Å². The number of aromatic nitrogens is 4. The van der Waals surface area contributed by atoms with Gasteiger partial charge in [-0.25, -0.2) is 4.98 Å². The molecule has 28 heavy (non-hydrogen) atoms. The van der Waals surface area contributed by atoms with Gasteiger partial charge in [0.05, 0.1) is 21.0 Å². The van der Waals surface area contributed by atoms with Gasteiger partial charge >= 0.3 is 0 Å². The molecule has 0 aliphatic carbocycles. The molecule has 0 bridgehead atoms. The Bertz CT molecular complexity index is 1170. The van der Waals surface area contributed by atoms with Crippen LogP contribution in [0.3, 0.4) is 0 Å². The second-order valence-electron chi connectivity index (χ2n) is 6.20. The summed E-state index contributed by atoms with van der Waals surface area (Å²) in [7, 11) is 0. The van der Waals surface area contributed by atoms with E-state index in [1.165, 1.54) is 11.8 Å². The van der Waals surface area contributed by atoms with Crippen LogP contribution in [0.15, 0.2) is 50.1 Å². The van der Waals surface area contributed by atoms with Crippen LogP contribution in [0.25, 0.3) is 21.7 Å². The Labute approximate surface area is 174 Å². The molecular formula is C19H17ClN4O2S2. The molecule has 4 aromatic rings. The Kier molecular flexibility index (Phi) is 5.52. The molecule has 0 fully saturated rings. The second-order valence-corrected chi connectivity index (χ2v) is 8.89. The number of fused-ring (bicyclic) bond motifs is 1. The molecule has 144 valence electrons. The maximum Gasteiger partial charge on any atom is 0.262 e. The van der Waals surface area contributed by atoms with Gasteiger partial charge in [0.1, 0.15) is 0 Å². The molecule has 3 aromatic heterocycles. The number of hydrogen-bond acceptors (Lipinski definition) is 7. The van der Waals surface area contributed by atoms with Gasteiger partial charge in [-0.3, -0.25) is 9.36 Å². The summed E-state index contributed by atoms with van der Waals surface area (Å²) in [4.78, 5) is 18.6. The molecule has 3 heterocycles. The molecule has 0 amide bonds. The first kappa shape index (κ1) is 19.2. The molecule has 9 heteroatoms. The van der Waals surface area contributed by atoms with Crippen molar-refractivity contribution in [3.05, 3.63) is 57.0 Å². The summed E-state index contributed by atoms with van der Waals surface area (Å²) in [5.74, 6) is 0.999. The van der Waals surface area contributed by atoms with Crippen molar-refractivity contribution in [3.8, 4) is 10.8 Å². The van der Waals surface area contributed by atoms with Crippen molar-refractivity contribution in [2.75, 3.05) is 0 Å². The SMILES string of the molecule is CCCn1c(S[C@H](C)c2nnc(-c3cccs3)o2)nc2cc(Cl)ccc2c1=O. The van der Waals surface area contributed by atoms with E-state index in [1.807, 2.05) is 31.4 Å². The van der Waals surface area contributed by atoms with Gasteiger partial charge in [-0.15, -0.1) is 21.5 Å². The third kappa shape index (κ3) is 3.72. The predicted molar refractivity (Wildman–Crippen MR) is 113 cm³/mol. The molecule has 0 N–H and O–H groups in total. The van der Waals surface area contributed by atoms with E-state index in [9.17, 15) is 4.79 Å². The van der Waals surface area contributed by atoms with Crippen molar-refractivity contribution in [1.82, 2.24) is 19.7 Å². The van der Waals surface area contributed by atoms with E-state index >= 15 is 0 Å². The van der Waals surface area contributed by atoms with Gasteiger partial charge in [-0.1, -0.05) is 36.4 Å². The molecule has 0 saturated carbocycles. The fraction of sp³-hybridized carbons (Fsp3) is 0.263. The number of hydrogen-bond donors (Lipinski definition) is 0. The van der Waals surface area contributed by atoms with Gasteiger partial charge in [0.25, 0.3) is 11.4 Å². The van der Waals surface area contributed by atoms with Crippen molar-refractivity contribution in [3.63, 3.8) is 0 Å². The van der Waals surface area contributed by atoms with Crippen LogP contribution in [0.5, 0.6) is 0 Å². The summed E-state index contributed by atoms with van der Waals surface area (Å²) in [5.41, 5.74) is 0.521. The topological polar surface area (TPSA) is 73.8 Å². The molecule has 0 aliphatic rings. The highest BCUT2D eigenvalue weighted by atomic mass is 35.5. The number of rotatable bonds is 6. The summed E-state index contributed by atoms with van der Waals surface area (Å²) >= 11 is 9.06. The van der Waals surface area contributed by atoms with Gasteiger partial charge in [-0.05, 0) is 43.0 Å². The smallest absolute Gasteiger partial charge is 0.262 e. The molecule has 0 aliphatic heterocycles. The molecule has 0 spiro atoms. The Balaban J connectivity index is 1.70. The number of thiophene rings is 1. The normalized spacial score (nSPS) is 12.5. The van der Waals surface area contributed by atoms with Gasteiger partial charge in [-0.2, -0.15) is 0 Å². The molecule has 4 rings (SSSR count). The largest absolute Gasteiger partial charge is 0.419 e. The first-order valence-electron chi connectivity index (χ1n) is 8.81. The van der Waals surface area contributed by atoms with Gasteiger partial charge in [0.15, 0.2) is 5.16 Å². The van der Waals surface area contributed by atoms with Crippen molar-refractivity contribution in [1.29, 1.82) is 0 Å². The fourth-order valence-corrected chi connectivity index (χ4v) is 4.57. The molecule has 0 radical (unpaired) electrons. The quantitative estimate of drug-likeness (QED) is 0.299. The van der Waals surface area contributed by atoms with Crippen LogP contribution in [-0.4, -0.2) is 19.7 Å². The minimum absolute atomic E-state index is 0.0666. The zero-order valence-electron chi connectivity index (χ0n) is 15.3. The monoisotopic (exact) mass is 432 g/mol. The van der Waals surface area contributed by atoms with Crippen LogP contribution in [-0.2, 0) is 6.54 Å². The van der Waals surface area contributed by atoms with Crippen LogP contribution < -0.4 is 5.56 Å². The van der Waals surface area contributed by atoms with E-state index in [-0.39, 0.29) is 10.8 Å². The lowest BCUT2D eigenvalue weighted by atomic mass is 10.2. The lowest BCUT2D eigenvalue weighted by Gasteiger charge is -2.14. The van der Waals surface area contributed by atoms with Crippen molar-refractivity contribution in [2.24, 2.45) is 0 Å². The molecular weight excluding hydrogens is 416 g/mol. The van der Waals surface area contributed by atoms with Crippen LogP contribution in [0.4, 0.5) is 0 Å². The lowest BCUT2D eigenvalue weighted by molar-refractivity contribution is 0.508. The van der Waals surface area contributed by atoms with Gasteiger partial charge < -0.3 is 4.42 Å². The highest BCUT2D eigenvalue weighted by Crippen LogP contribution is 2.35. The molecule has 0 saturated heterocycles. The molecule has 0 unspecified atom stereocenters. The van der Waals surface area contributed by atoms with Gasteiger partial charge in [0, 0.05) is 11.6 Å². The summed E-state index contributed by atoms with van der Waals surface area (Å²) in [6.07, 6.45) is 0.825. The van der Waals surface area contributed by atoms with Crippen molar-refractivity contribution in [2.45, 2.75) is 37.2 Å². The minimum Gasteiger partial charge on any atom is -0.419 e. The zero-order valence-corrected chi connectivity index (χ0v) is 17.6. The third-order valence-electron chi connectivity index (χ3n) is 4.13. The Morgan fingerprint density at radius 3 is 2.93 bits per heavy atom. The van der Waals surface area contributed by atoms with Crippen LogP contribution in [0.2, 0.25) is 5.02 Å². The van der Waals surface area contributed by atoms with Crippen LogP contribution >= 0.6 is 34.7 Å². The molecule has 6 nitrogen and oxygen atoms in total. The van der Waals surface area contributed by atoms with E-state index in [4.69, 9.17) is 21.0 Å². The highest BCUT2D eigenvalue weighted by molar-refractivity contribution is 7.99. The third-order valence-corrected chi connectivity index (χ3v) is 6.30. The fourth-order valence-electron chi connectivity index (χ4n) is 2.79. The maximum absolute atomic E-state index is 12.9. The number of benzene rings is 1. The van der Waals surface area contributed by atoms with Crippen LogP contribution in [0.1, 0.15) is 31.4 Å². The number of thioether (sulfide) groups is 1. The highest BCUT2D eigenvalue weighted by Gasteiger charge is 2.20. The molecule has 1 aromatic carbocycles. The summed E-state index contributed by atoms with van der Waals surface area (Å²) in [5, 5.41) is 11.8. The summed E-state index contributed by atoms with van der Waals surface area (Å²) in [6, 6.07) is 9.03. The number of nitrogens with zero attached hydrogens (tertiary/aromatic N) is 4. The van der Waals surface area contributed by atoms with E-state index < -0.39 is 0 Å². The Morgan fingerprint density at radius 2 is 2.18 bits per heavy atom. The second kappa shape index (κ2) is 8.06. The van der Waals surface area contributed by atoms with Crippen molar-refractivity contribution >= 4 is 45.6 Å². The average molecular weight is 433 g/mol. The summed E-state index contributed by atoms with van der Waals surface area (Å²) < 4.78 is 7.53. The minimum atomic E-state index is -0.159. The van der Waals surface area contributed by atoms with E-state index in [1.54, 1.807) is 34.1 Å². The van der Waals surface area contributed by atoms with E-state index in [0.29, 0.717) is 39.4 Å². The Morgan fingerprint density at radius 1 is 1.32 bits per heavy atom. The van der Waals surface area contributed by atoms with E-state index in [2.05, 4.69) is 10.2 Å². The Hall–Kier alpha value is -2.16. The zero-order chi connectivity index (χ0) is 19.7. The van der Waals surface area contributed by atoms with Crippen LogP contribution in [0, 0.1) is 0 Å². The predicted octanol–water partition coefficient (Wildman–Crippen LogP) is 5.42. The maximum atomic E-state index is 12.9. The standard InChI is InChI=1S/C19H17ClN4O2S2/c1-3-8-24-18(25)13-7-6-12(20)10-14(13)21-19(24)28-11(2)16-22-23-17(26-16)15-5-4-9-27-15/h4-7,9-11H,3,8H2,1-2H3/t11-/m1/s1. The summed E-state index contributed by atoms with van der Waals surface area (Å²) in [6.45, 7) is 4.58. The number of halogens is 1. The lowest BCUT2D eigenvalue weighted by Crippen LogP contribution is -2.23. The first-order chi connectivity index (χ1) is 13.6. The average Bonchev–Trinajstić information content (AvgIpc) is 3.35. The molecule has 1 atom stereocenters. The first-order valence-corrected chi connectivity index (χ1v) is 10.9. The van der Waals surface area contributed by atoms with E-state index in [0.717, 1.165) is 11.3 Å². The van der Waals surface area contributed by atoms with Gasteiger partial charge in [0.2, 0.25) is 5.89 Å².